The van der Waals surface area contributed by atoms with Crippen molar-refractivity contribution in [1.29, 1.82) is 0 Å². The van der Waals surface area contributed by atoms with E-state index in [1.54, 1.807) is 25.1 Å². The Balaban J connectivity index is 0.000000185. The zero-order valence-corrected chi connectivity index (χ0v) is 13.5. The fourth-order valence-corrected chi connectivity index (χ4v) is 2.57. The fraction of sp³-hybridized carbons (Fsp3) is 0.421. The van der Waals surface area contributed by atoms with E-state index in [9.17, 15) is 4.79 Å². The standard InChI is InChI=1S/C11H16O3.C8H8O/c1-7(2)11(12)13-6-8-3-4-9-10(5-8)14-9;1-2-7-3-5-8(9)6-4-7/h8-10H,1,3-6H2,2H3;2-6,9H,1H2. The average molecular weight is 316 g/mol. The van der Waals surface area contributed by atoms with Crippen LogP contribution in [0.5, 0.6) is 5.75 Å². The second-order valence-electron chi connectivity index (χ2n) is 6.07. The minimum atomic E-state index is -0.274. The number of phenols is 1. The molecule has 1 N–H and O–H groups in total. The highest BCUT2D eigenvalue weighted by Gasteiger charge is 2.43. The molecular formula is C19H24O4. The van der Waals surface area contributed by atoms with Crippen LogP contribution in [0.2, 0.25) is 0 Å². The molecule has 0 spiro atoms. The molecule has 1 saturated heterocycles. The third-order valence-corrected chi connectivity index (χ3v) is 4.04. The molecule has 4 heteroatoms. The van der Waals surface area contributed by atoms with E-state index in [1.165, 1.54) is 0 Å². The minimum Gasteiger partial charge on any atom is -0.508 e. The van der Waals surface area contributed by atoms with Crippen molar-refractivity contribution in [3.05, 3.63) is 48.6 Å². The Hall–Kier alpha value is -2.07. The maximum atomic E-state index is 11.1. The van der Waals surface area contributed by atoms with Crippen molar-refractivity contribution < 1.29 is 19.4 Å². The number of esters is 1. The monoisotopic (exact) mass is 316 g/mol. The summed E-state index contributed by atoms with van der Waals surface area (Å²) in [6, 6.07) is 6.89. The minimum absolute atomic E-state index is 0.274. The number of carbonyl (C=O) groups is 1. The topological polar surface area (TPSA) is 59.1 Å². The van der Waals surface area contributed by atoms with Crippen LogP contribution in [0.3, 0.4) is 0 Å². The van der Waals surface area contributed by atoms with Gasteiger partial charge in [-0.1, -0.05) is 31.4 Å². The summed E-state index contributed by atoms with van der Waals surface area (Å²) in [7, 11) is 0. The Bertz CT molecular complexity index is 561. The van der Waals surface area contributed by atoms with Crippen molar-refractivity contribution >= 4 is 12.0 Å². The molecule has 3 atom stereocenters. The molecule has 3 rings (SSSR count). The second-order valence-corrected chi connectivity index (χ2v) is 6.07. The first-order valence-electron chi connectivity index (χ1n) is 7.89. The van der Waals surface area contributed by atoms with Crippen molar-refractivity contribution in [1.82, 2.24) is 0 Å². The lowest BCUT2D eigenvalue weighted by Crippen LogP contribution is -2.20. The number of fused-ring (bicyclic) bond motifs is 1. The van der Waals surface area contributed by atoms with Gasteiger partial charge in [0.1, 0.15) is 5.75 Å². The summed E-state index contributed by atoms with van der Waals surface area (Å²) in [4.78, 5) is 11.1. The first kappa shape index (κ1) is 17.3. The normalized spacial score (nSPS) is 24.5. The first-order valence-corrected chi connectivity index (χ1v) is 7.89. The van der Waals surface area contributed by atoms with Gasteiger partial charge in [-0.3, -0.25) is 0 Å². The van der Waals surface area contributed by atoms with Crippen molar-refractivity contribution in [3.8, 4) is 5.75 Å². The lowest BCUT2D eigenvalue weighted by atomic mass is 9.90. The summed E-state index contributed by atoms with van der Waals surface area (Å²) in [5.74, 6) is 0.506. The van der Waals surface area contributed by atoms with Crippen LogP contribution in [-0.2, 0) is 14.3 Å². The molecule has 1 aromatic rings. The van der Waals surface area contributed by atoms with Gasteiger partial charge < -0.3 is 14.6 Å². The van der Waals surface area contributed by atoms with Gasteiger partial charge >= 0.3 is 5.97 Å². The van der Waals surface area contributed by atoms with E-state index in [-0.39, 0.29) is 5.97 Å². The molecular weight excluding hydrogens is 292 g/mol. The van der Waals surface area contributed by atoms with E-state index in [1.807, 2.05) is 12.1 Å². The molecule has 23 heavy (non-hydrogen) atoms. The van der Waals surface area contributed by atoms with Gasteiger partial charge in [0.05, 0.1) is 18.8 Å². The van der Waals surface area contributed by atoms with Crippen LogP contribution >= 0.6 is 0 Å². The van der Waals surface area contributed by atoms with Gasteiger partial charge in [-0.2, -0.15) is 0 Å². The average Bonchev–Trinajstić information content (AvgIpc) is 3.32. The molecule has 2 aliphatic rings. The predicted octanol–water partition coefficient (Wildman–Crippen LogP) is 3.71. The van der Waals surface area contributed by atoms with Gasteiger partial charge in [0.2, 0.25) is 0 Å². The fourth-order valence-electron chi connectivity index (χ4n) is 2.57. The Morgan fingerprint density at radius 3 is 2.61 bits per heavy atom. The summed E-state index contributed by atoms with van der Waals surface area (Å²) in [6.45, 7) is 9.32. The summed E-state index contributed by atoms with van der Waals surface area (Å²) in [5.41, 5.74) is 1.49. The molecule has 0 radical (unpaired) electrons. The summed E-state index contributed by atoms with van der Waals surface area (Å²) in [5, 5.41) is 8.82. The lowest BCUT2D eigenvalue weighted by Gasteiger charge is -2.18. The van der Waals surface area contributed by atoms with Crippen LogP contribution in [0.1, 0.15) is 31.7 Å². The third kappa shape index (κ3) is 5.57. The van der Waals surface area contributed by atoms with Crippen LogP contribution in [0.15, 0.2) is 43.0 Å². The van der Waals surface area contributed by atoms with Gasteiger partial charge in [-0.05, 0) is 49.8 Å². The van der Waals surface area contributed by atoms with E-state index in [0.29, 0.717) is 36.1 Å². The smallest absolute Gasteiger partial charge is 0.333 e. The summed E-state index contributed by atoms with van der Waals surface area (Å²) < 4.78 is 10.5. The molecule has 1 aromatic carbocycles. The second kappa shape index (κ2) is 7.97. The van der Waals surface area contributed by atoms with Crippen molar-refractivity contribution in [2.24, 2.45) is 5.92 Å². The number of hydrogen-bond donors (Lipinski definition) is 1. The number of aromatic hydroxyl groups is 1. The number of phenolic OH excluding ortho intramolecular Hbond substituents is 1. The number of rotatable bonds is 4. The van der Waals surface area contributed by atoms with E-state index >= 15 is 0 Å². The highest BCUT2D eigenvalue weighted by Crippen LogP contribution is 2.39. The van der Waals surface area contributed by atoms with Gasteiger partial charge in [0.15, 0.2) is 0 Å². The summed E-state index contributed by atoms with van der Waals surface area (Å²) in [6.07, 6.45) is 6.00. The Labute approximate surface area is 137 Å². The molecule has 124 valence electrons. The Morgan fingerprint density at radius 1 is 1.35 bits per heavy atom. The molecule has 3 unspecified atom stereocenters. The SMILES string of the molecule is C=C(C)C(=O)OCC1CCC2OC2C1.C=Cc1ccc(O)cc1. The van der Waals surface area contributed by atoms with Crippen LogP contribution in [0, 0.1) is 5.92 Å². The maximum absolute atomic E-state index is 11.1. The largest absolute Gasteiger partial charge is 0.508 e. The summed E-state index contributed by atoms with van der Waals surface area (Å²) >= 11 is 0. The van der Waals surface area contributed by atoms with E-state index in [2.05, 4.69) is 13.2 Å². The molecule has 0 bridgehead atoms. The van der Waals surface area contributed by atoms with Crippen molar-refractivity contribution in [2.45, 2.75) is 38.4 Å². The number of ether oxygens (including phenoxy) is 2. The number of hydrogen-bond acceptors (Lipinski definition) is 4. The van der Waals surface area contributed by atoms with E-state index in [0.717, 1.165) is 24.8 Å². The molecule has 0 aromatic heterocycles. The molecule has 1 saturated carbocycles. The number of carbonyl (C=O) groups excluding carboxylic acids is 1. The molecule has 1 aliphatic heterocycles. The van der Waals surface area contributed by atoms with Crippen LogP contribution in [0.25, 0.3) is 6.08 Å². The van der Waals surface area contributed by atoms with Crippen molar-refractivity contribution in [2.75, 3.05) is 6.61 Å². The number of benzene rings is 1. The van der Waals surface area contributed by atoms with E-state index < -0.39 is 0 Å². The molecule has 2 fully saturated rings. The molecule has 1 aliphatic carbocycles. The predicted molar refractivity (Wildman–Crippen MR) is 90.0 cm³/mol. The highest BCUT2D eigenvalue weighted by molar-refractivity contribution is 5.86. The molecule has 4 nitrogen and oxygen atoms in total. The van der Waals surface area contributed by atoms with E-state index in [4.69, 9.17) is 14.6 Å². The Kier molecular flexibility index (Phi) is 5.99. The van der Waals surface area contributed by atoms with Gasteiger partial charge in [-0.25, -0.2) is 4.79 Å². The van der Waals surface area contributed by atoms with Crippen LogP contribution in [0.4, 0.5) is 0 Å². The van der Waals surface area contributed by atoms with Gasteiger partial charge in [0, 0.05) is 5.57 Å². The molecule has 1 heterocycles. The quantitative estimate of drug-likeness (QED) is 0.522. The zero-order valence-electron chi connectivity index (χ0n) is 13.5. The van der Waals surface area contributed by atoms with Gasteiger partial charge in [-0.15, -0.1) is 0 Å². The zero-order chi connectivity index (χ0) is 16.8. The number of epoxide rings is 1. The van der Waals surface area contributed by atoms with Crippen molar-refractivity contribution in [3.63, 3.8) is 0 Å². The molecule has 0 amide bonds. The van der Waals surface area contributed by atoms with Gasteiger partial charge in [0.25, 0.3) is 0 Å². The van der Waals surface area contributed by atoms with Crippen LogP contribution in [-0.4, -0.2) is 29.9 Å². The highest BCUT2D eigenvalue weighted by atomic mass is 16.6. The lowest BCUT2D eigenvalue weighted by molar-refractivity contribution is -0.140. The Morgan fingerprint density at radius 2 is 2.04 bits per heavy atom. The van der Waals surface area contributed by atoms with Crippen LogP contribution < -0.4 is 0 Å². The first-order chi connectivity index (χ1) is 11.0. The third-order valence-electron chi connectivity index (χ3n) is 4.04. The maximum Gasteiger partial charge on any atom is 0.333 e.